The first kappa shape index (κ1) is 21.6. The topological polar surface area (TPSA) is 68.8 Å². The van der Waals surface area contributed by atoms with Crippen LogP contribution in [0.1, 0.15) is 24.5 Å². The van der Waals surface area contributed by atoms with E-state index in [-0.39, 0.29) is 12.1 Å². The number of aliphatic hydroxyl groups is 1. The number of hydrogen-bond donors (Lipinski definition) is 1. The average Bonchev–Trinajstić information content (AvgIpc) is 3.48. The fraction of sp³-hybridized carbons (Fsp3) is 0.208. The molecule has 8 heteroatoms. The van der Waals surface area contributed by atoms with Gasteiger partial charge in [-0.2, -0.15) is 5.10 Å². The summed E-state index contributed by atoms with van der Waals surface area (Å²) in [6.07, 6.45) is 12.5. The third kappa shape index (κ3) is 4.65. The second kappa shape index (κ2) is 9.23. The Morgan fingerprint density at radius 3 is 2.56 bits per heavy atom. The van der Waals surface area contributed by atoms with E-state index in [1.165, 1.54) is 23.4 Å². The predicted octanol–water partition coefficient (Wildman–Crippen LogP) is 4.37. The Hall–Kier alpha value is -3.65. The molecule has 2 aromatic heterocycles. The van der Waals surface area contributed by atoms with Crippen LogP contribution in [0.15, 0.2) is 79.9 Å². The first-order chi connectivity index (χ1) is 15.5. The molecule has 0 fully saturated rings. The molecule has 0 unspecified atom stereocenters. The van der Waals surface area contributed by atoms with E-state index < -0.39 is 23.2 Å². The van der Waals surface area contributed by atoms with Crippen LogP contribution in [0.2, 0.25) is 0 Å². The SMILES string of the molecule is C[C@@H](C/C=C/c1ccc(-n2ccnc2)cc1)[C@](O)(Cn1cncn1)c1ccc(F)cc1F. The van der Waals surface area contributed by atoms with Crippen molar-refractivity contribution in [1.82, 2.24) is 24.3 Å². The van der Waals surface area contributed by atoms with Gasteiger partial charge in [0.05, 0.1) is 12.9 Å². The lowest BCUT2D eigenvalue weighted by atomic mass is 9.80. The maximum absolute atomic E-state index is 14.6. The van der Waals surface area contributed by atoms with Crippen LogP contribution in [0.4, 0.5) is 8.78 Å². The Morgan fingerprint density at radius 2 is 1.91 bits per heavy atom. The van der Waals surface area contributed by atoms with Crippen molar-refractivity contribution in [3.63, 3.8) is 0 Å². The van der Waals surface area contributed by atoms with E-state index in [9.17, 15) is 13.9 Å². The van der Waals surface area contributed by atoms with Crippen molar-refractivity contribution in [3.8, 4) is 5.69 Å². The van der Waals surface area contributed by atoms with Gasteiger partial charge in [0, 0.05) is 29.7 Å². The van der Waals surface area contributed by atoms with Gasteiger partial charge in [-0.15, -0.1) is 0 Å². The molecule has 0 radical (unpaired) electrons. The van der Waals surface area contributed by atoms with Gasteiger partial charge >= 0.3 is 0 Å². The van der Waals surface area contributed by atoms with Crippen LogP contribution in [-0.4, -0.2) is 29.4 Å². The van der Waals surface area contributed by atoms with Crippen molar-refractivity contribution in [3.05, 3.63) is 103 Å². The number of aromatic nitrogens is 5. The van der Waals surface area contributed by atoms with Crippen LogP contribution in [0.25, 0.3) is 11.8 Å². The van der Waals surface area contributed by atoms with Gasteiger partial charge in [-0.25, -0.2) is 23.4 Å². The van der Waals surface area contributed by atoms with Gasteiger partial charge < -0.3 is 9.67 Å². The van der Waals surface area contributed by atoms with E-state index >= 15 is 0 Å². The summed E-state index contributed by atoms with van der Waals surface area (Å²) in [6, 6.07) is 11.2. The first-order valence-electron chi connectivity index (χ1n) is 10.2. The summed E-state index contributed by atoms with van der Waals surface area (Å²) in [4.78, 5) is 7.93. The smallest absolute Gasteiger partial charge is 0.137 e. The van der Waals surface area contributed by atoms with Crippen molar-refractivity contribution >= 4 is 6.08 Å². The molecule has 0 aliphatic heterocycles. The summed E-state index contributed by atoms with van der Waals surface area (Å²) < 4.78 is 31.4. The summed E-state index contributed by atoms with van der Waals surface area (Å²) in [5.74, 6) is -1.88. The zero-order valence-corrected chi connectivity index (χ0v) is 17.5. The highest BCUT2D eigenvalue weighted by Gasteiger charge is 2.38. The Kier molecular flexibility index (Phi) is 6.23. The maximum atomic E-state index is 14.6. The van der Waals surface area contributed by atoms with E-state index in [0.717, 1.165) is 23.4 Å². The minimum atomic E-state index is -1.61. The molecule has 0 saturated heterocycles. The summed E-state index contributed by atoms with van der Waals surface area (Å²) in [7, 11) is 0. The molecule has 0 saturated carbocycles. The molecular formula is C24H23F2N5O. The second-order valence-corrected chi connectivity index (χ2v) is 7.74. The van der Waals surface area contributed by atoms with Gasteiger partial charge in [0.25, 0.3) is 0 Å². The van der Waals surface area contributed by atoms with Gasteiger partial charge in [-0.3, -0.25) is 0 Å². The molecule has 2 aromatic carbocycles. The molecule has 0 spiro atoms. The summed E-state index contributed by atoms with van der Waals surface area (Å²) in [6.45, 7) is 1.82. The van der Waals surface area contributed by atoms with Gasteiger partial charge in [0.2, 0.25) is 0 Å². The largest absolute Gasteiger partial charge is 0.383 e. The Morgan fingerprint density at radius 1 is 1.09 bits per heavy atom. The molecule has 0 aliphatic rings. The molecule has 4 aromatic rings. The third-order valence-electron chi connectivity index (χ3n) is 5.58. The minimum Gasteiger partial charge on any atom is -0.383 e. The van der Waals surface area contributed by atoms with E-state index in [4.69, 9.17) is 0 Å². The lowest BCUT2D eigenvalue weighted by Crippen LogP contribution is -2.39. The van der Waals surface area contributed by atoms with Crippen molar-refractivity contribution < 1.29 is 13.9 Å². The summed E-state index contributed by atoms with van der Waals surface area (Å²) in [5.41, 5.74) is 0.414. The fourth-order valence-electron chi connectivity index (χ4n) is 3.68. The second-order valence-electron chi connectivity index (χ2n) is 7.74. The number of halogens is 2. The molecule has 2 heterocycles. The van der Waals surface area contributed by atoms with Crippen molar-refractivity contribution in [2.24, 2.45) is 5.92 Å². The first-order valence-corrected chi connectivity index (χ1v) is 10.2. The molecule has 2 atom stereocenters. The zero-order valence-electron chi connectivity index (χ0n) is 17.5. The lowest BCUT2D eigenvalue weighted by Gasteiger charge is -2.34. The molecule has 4 rings (SSSR count). The molecular weight excluding hydrogens is 412 g/mol. The summed E-state index contributed by atoms with van der Waals surface area (Å²) in [5, 5.41) is 15.6. The quantitative estimate of drug-likeness (QED) is 0.446. The van der Waals surface area contributed by atoms with Gasteiger partial charge in [-0.1, -0.05) is 37.3 Å². The number of imidazole rings is 1. The van der Waals surface area contributed by atoms with Gasteiger partial charge in [0.1, 0.15) is 29.9 Å². The number of nitrogens with zero attached hydrogens (tertiary/aromatic N) is 5. The van der Waals surface area contributed by atoms with Gasteiger partial charge in [-0.05, 0) is 36.1 Å². The molecule has 0 aliphatic carbocycles. The Balaban J connectivity index is 1.52. The van der Waals surface area contributed by atoms with Crippen LogP contribution in [0.3, 0.4) is 0 Å². The minimum absolute atomic E-state index is 0.00976. The highest BCUT2D eigenvalue weighted by atomic mass is 19.1. The van der Waals surface area contributed by atoms with Crippen LogP contribution >= 0.6 is 0 Å². The molecule has 6 nitrogen and oxygen atoms in total. The number of rotatable bonds is 8. The van der Waals surface area contributed by atoms with Crippen LogP contribution in [-0.2, 0) is 12.1 Å². The van der Waals surface area contributed by atoms with Gasteiger partial charge in [0.15, 0.2) is 0 Å². The Bertz CT molecular complexity index is 1170. The highest BCUT2D eigenvalue weighted by molar-refractivity contribution is 5.51. The van der Waals surface area contributed by atoms with Crippen molar-refractivity contribution in [2.75, 3.05) is 0 Å². The molecule has 0 bridgehead atoms. The Labute approximate surface area is 184 Å². The molecule has 32 heavy (non-hydrogen) atoms. The highest BCUT2D eigenvalue weighted by Crippen LogP contribution is 2.35. The van der Waals surface area contributed by atoms with Crippen LogP contribution in [0.5, 0.6) is 0 Å². The molecule has 164 valence electrons. The third-order valence-corrected chi connectivity index (χ3v) is 5.58. The number of benzene rings is 2. The van der Waals surface area contributed by atoms with Crippen LogP contribution in [0, 0.1) is 17.6 Å². The monoisotopic (exact) mass is 435 g/mol. The van der Waals surface area contributed by atoms with Crippen LogP contribution < -0.4 is 0 Å². The van der Waals surface area contributed by atoms with Crippen molar-refractivity contribution in [2.45, 2.75) is 25.5 Å². The van der Waals surface area contributed by atoms with Crippen molar-refractivity contribution in [1.29, 1.82) is 0 Å². The van der Waals surface area contributed by atoms with E-state index in [1.807, 2.05) is 54.1 Å². The normalized spacial score (nSPS) is 14.5. The fourth-order valence-corrected chi connectivity index (χ4v) is 3.68. The number of hydrogen-bond acceptors (Lipinski definition) is 4. The lowest BCUT2D eigenvalue weighted by molar-refractivity contribution is -0.0379. The van der Waals surface area contributed by atoms with E-state index in [2.05, 4.69) is 15.1 Å². The van der Waals surface area contributed by atoms with E-state index in [0.29, 0.717) is 6.42 Å². The predicted molar refractivity (Wildman–Crippen MR) is 117 cm³/mol. The summed E-state index contributed by atoms with van der Waals surface area (Å²) >= 11 is 0. The molecule has 0 amide bonds. The average molecular weight is 435 g/mol. The van der Waals surface area contributed by atoms with E-state index in [1.54, 1.807) is 12.5 Å². The standard InChI is InChI=1S/C24H23F2N5O/c1-18(3-2-4-19-5-8-21(9-6-19)30-12-11-27-16-30)24(32,14-31-17-28-15-29-31)22-10-7-20(25)13-23(22)26/h2,4-13,15-18,32H,3,14H2,1H3/b4-2+/t18-,24+/m0/s1. The zero-order chi connectivity index (χ0) is 22.6. The number of allylic oxidation sites excluding steroid dienone is 1. The molecule has 1 N–H and O–H groups in total. The maximum Gasteiger partial charge on any atom is 0.137 e.